The van der Waals surface area contributed by atoms with Crippen LogP contribution in [0, 0.1) is 5.41 Å². The van der Waals surface area contributed by atoms with Gasteiger partial charge in [0.2, 0.25) is 12.3 Å². The maximum Gasteiger partial charge on any atom is 0.246 e. The average molecular weight is 190 g/mol. The fraction of sp³-hybridized carbons (Fsp3) is 0.875. The van der Waals surface area contributed by atoms with Crippen LogP contribution in [0.4, 0.5) is 8.78 Å². The largest absolute Gasteiger partial charge is 0.351 e. The SMILES string of the molecule is O=C1CC2(C(F)F)CCNCC2N1. The normalized spacial score (nSPS) is 39.0. The van der Waals surface area contributed by atoms with Gasteiger partial charge in [-0.2, -0.15) is 0 Å². The Labute approximate surface area is 74.9 Å². The van der Waals surface area contributed by atoms with Gasteiger partial charge in [-0.3, -0.25) is 4.79 Å². The molecule has 0 aromatic heterocycles. The minimum Gasteiger partial charge on any atom is -0.351 e. The van der Waals surface area contributed by atoms with E-state index in [1.165, 1.54) is 0 Å². The van der Waals surface area contributed by atoms with Gasteiger partial charge in [-0.1, -0.05) is 0 Å². The minimum absolute atomic E-state index is 0.0169. The van der Waals surface area contributed by atoms with Gasteiger partial charge in [0.25, 0.3) is 0 Å². The lowest BCUT2D eigenvalue weighted by Crippen LogP contribution is -2.53. The van der Waals surface area contributed by atoms with Crippen LogP contribution in [-0.2, 0) is 4.79 Å². The molecule has 2 fully saturated rings. The molecular formula is C8H12F2N2O. The molecule has 2 atom stereocenters. The van der Waals surface area contributed by atoms with Crippen LogP contribution >= 0.6 is 0 Å². The molecule has 13 heavy (non-hydrogen) atoms. The van der Waals surface area contributed by atoms with Crippen molar-refractivity contribution in [2.45, 2.75) is 25.3 Å². The first kappa shape index (κ1) is 8.87. The van der Waals surface area contributed by atoms with Gasteiger partial charge in [0.15, 0.2) is 0 Å². The van der Waals surface area contributed by atoms with Crippen molar-refractivity contribution in [1.29, 1.82) is 0 Å². The molecule has 0 bridgehead atoms. The summed E-state index contributed by atoms with van der Waals surface area (Å²) in [6.45, 7) is 1.05. The van der Waals surface area contributed by atoms with Crippen LogP contribution in [0.5, 0.6) is 0 Å². The van der Waals surface area contributed by atoms with Crippen LogP contribution < -0.4 is 10.6 Å². The highest BCUT2D eigenvalue weighted by molar-refractivity contribution is 5.80. The van der Waals surface area contributed by atoms with Gasteiger partial charge in [0, 0.05) is 13.0 Å². The number of piperidine rings is 1. The van der Waals surface area contributed by atoms with Gasteiger partial charge < -0.3 is 10.6 Å². The standard InChI is InChI=1S/C8H12F2N2O/c9-7(10)8-1-2-11-4-5(8)12-6(13)3-8/h5,7,11H,1-4H2,(H,12,13). The molecule has 3 nitrogen and oxygen atoms in total. The van der Waals surface area contributed by atoms with E-state index in [0.717, 1.165) is 0 Å². The topological polar surface area (TPSA) is 41.1 Å². The van der Waals surface area contributed by atoms with Crippen LogP contribution in [0.3, 0.4) is 0 Å². The zero-order valence-corrected chi connectivity index (χ0v) is 7.15. The molecule has 2 N–H and O–H groups in total. The van der Waals surface area contributed by atoms with Gasteiger partial charge >= 0.3 is 0 Å². The summed E-state index contributed by atoms with van der Waals surface area (Å²) in [7, 11) is 0. The second-order valence-corrected chi connectivity index (χ2v) is 3.78. The minimum atomic E-state index is -2.40. The Bertz CT molecular complexity index is 234. The summed E-state index contributed by atoms with van der Waals surface area (Å²) in [5, 5.41) is 5.60. The van der Waals surface area contributed by atoms with E-state index in [0.29, 0.717) is 19.5 Å². The predicted octanol–water partition coefficient (Wildman–Crippen LogP) is 0.120. The number of amides is 1. The molecule has 0 aromatic carbocycles. The number of carbonyl (C=O) groups is 1. The van der Waals surface area contributed by atoms with E-state index in [9.17, 15) is 13.6 Å². The fourth-order valence-electron chi connectivity index (χ4n) is 2.23. The second kappa shape index (κ2) is 2.90. The van der Waals surface area contributed by atoms with Gasteiger partial charge in [0.05, 0.1) is 11.5 Å². The molecule has 0 radical (unpaired) electrons. The number of hydrogen-bond acceptors (Lipinski definition) is 2. The molecule has 2 rings (SSSR count). The second-order valence-electron chi connectivity index (χ2n) is 3.78. The number of halogens is 2. The number of carbonyl (C=O) groups excluding carboxylic acids is 1. The van der Waals surface area contributed by atoms with Crippen molar-refractivity contribution in [3.63, 3.8) is 0 Å². The van der Waals surface area contributed by atoms with E-state index < -0.39 is 11.8 Å². The zero-order chi connectivity index (χ0) is 9.47. The smallest absolute Gasteiger partial charge is 0.246 e. The van der Waals surface area contributed by atoms with Crippen molar-refractivity contribution < 1.29 is 13.6 Å². The first-order valence-corrected chi connectivity index (χ1v) is 4.43. The van der Waals surface area contributed by atoms with Crippen molar-refractivity contribution in [2.75, 3.05) is 13.1 Å². The first-order chi connectivity index (χ1) is 6.15. The number of fused-ring (bicyclic) bond motifs is 1. The van der Waals surface area contributed by atoms with Crippen molar-refractivity contribution in [2.24, 2.45) is 5.41 Å². The Kier molecular flexibility index (Phi) is 1.98. The van der Waals surface area contributed by atoms with E-state index >= 15 is 0 Å². The number of rotatable bonds is 1. The third-order valence-corrected chi connectivity index (χ3v) is 3.07. The molecule has 2 aliphatic rings. The zero-order valence-electron chi connectivity index (χ0n) is 7.15. The molecule has 0 aliphatic carbocycles. The van der Waals surface area contributed by atoms with E-state index in [1.54, 1.807) is 0 Å². The first-order valence-electron chi connectivity index (χ1n) is 4.43. The Morgan fingerprint density at radius 1 is 1.54 bits per heavy atom. The molecule has 0 saturated carbocycles. The van der Waals surface area contributed by atoms with E-state index in [4.69, 9.17) is 0 Å². The van der Waals surface area contributed by atoms with Crippen LogP contribution in [-0.4, -0.2) is 31.5 Å². The lowest BCUT2D eigenvalue weighted by molar-refractivity contribution is -0.120. The van der Waals surface area contributed by atoms with E-state index in [2.05, 4.69) is 10.6 Å². The Hall–Kier alpha value is -0.710. The van der Waals surface area contributed by atoms with E-state index in [1.807, 2.05) is 0 Å². The molecule has 5 heteroatoms. The van der Waals surface area contributed by atoms with E-state index in [-0.39, 0.29) is 18.4 Å². The fourth-order valence-corrected chi connectivity index (χ4v) is 2.23. The maximum atomic E-state index is 12.8. The highest BCUT2D eigenvalue weighted by Gasteiger charge is 2.54. The van der Waals surface area contributed by atoms with Crippen molar-refractivity contribution in [3.8, 4) is 0 Å². The number of nitrogens with one attached hydrogen (secondary N) is 2. The van der Waals surface area contributed by atoms with Crippen LogP contribution in [0.2, 0.25) is 0 Å². The molecule has 2 saturated heterocycles. The van der Waals surface area contributed by atoms with Crippen molar-refractivity contribution >= 4 is 5.91 Å². The van der Waals surface area contributed by atoms with Crippen LogP contribution in [0.25, 0.3) is 0 Å². The number of hydrogen-bond donors (Lipinski definition) is 2. The van der Waals surface area contributed by atoms with Gasteiger partial charge in [0.1, 0.15) is 0 Å². The van der Waals surface area contributed by atoms with Crippen LogP contribution in [0.15, 0.2) is 0 Å². The summed E-state index contributed by atoms with van der Waals surface area (Å²) in [4.78, 5) is 11.0. The van der Waals surface area contributed by atoms with Gasteiger partial charge in [-0.25, -0.2) is 8.78 Å². The number of alkyl halides is 2. The third kappa shape index (κ3) is 1.22. The highest BCUT2D eigenvalue weighted by Crippen LogP contribution is 2.42. The lowest BCUT2D eigenvalue weighted by atomic mass is 9.75. The summed E-state index contributed by atoms with van der Waals surface area (Å²) < 4.78 is 25.6. The summed E-state index contributed by atoms with van der Waals surface area (Å²) in [5.74, 6) is -0.242. The average Bonchev–Trinajstić information content (AvgIpc) is 2.41. The third-order valence-electron chi connectivity index (χ3n) is 3.07. The molecular weight excluding hydrogens is 178 g/mol. The summed E-state index contributed by atoms with van der Waals surface area (Å²) in [6.07, 6.45) is -2.04. The highest BCUT2D eigenvalue weighted by atomic mass is 19.3. The molecule has 0 spiro atoms. The monoisotopic (exact) mass is 190 g/mol. The Balaban J connectivity index is 2.24. The summed E-state index contributed by atoms with van der Waals surface area (Å²) in [5.41, 5.74) is -1.09. The molecule has 0 aromatic rings. The predicted molar refractivity (Wildman–Crippen MR) is 42.5 cm³/mol. The van der Waals surface area contributed by atoms with Gasteiger partial charge in [-0.05, 0) is 13.0 Å². The molecule has 2 aliphatic heterocycles. The lowest BCUT2D eigenvalue weighted by Gasteiger charge is -2.37. The summed E-state index contributed by atoms with van der Waals surface area (Å²) >= 11 is 0. The quantitative estimate of drug-likeness (QED) is 0.616. The van der Waals surface area contributed by atoms with Crippen molar-refractivity contribution in [3.05, 3.63) is 0 Å². The van der Waals surface area contributed by atoms with Gasteiger partial charge in [-0.15, -0.1) is 0 Å². The Morgan fingerprint density at radius 3 is 2.92 bits per heavy atom. The van der Waals surface area contributed by atoms with Crippen LogP contribution in [0.1, 0.15) is 12.8 Å². The molecule has 2 unspecified atom stereocenters. The maximum absolute atomic E-state index is 12.8. The Morgan fingerprint density at radius 2 is 2.31 bits per heavy atom. The summed E-state index contributed by atoms with van der Waals surface area (Å²) in [6, 6.07) is -0.381. The molecule has 74 valence electrons. The molecule has 2 heterocycles. The molecule has 1 amide bonds. The van der Waals surface area contributed by atoms with Crippen molar-refractivity contribution in [1.82, 2.24) is 10.6 Å².